The van der Waals surface area contributed by atoms with Crippen molar-refractivity contribution in [2.45, 2.75) is 46.2 Å². The molecular weight excluding hydrogens is 258 g/mol. The van der Waals surface area contributed by atoms with Crippen molar-refractivity contribution in [1.82, 2.24) is 5.32 Å². The Labute approximate surface area is 117 Å². The van der Waals surface area contributed by atoms with E-state index in [4.69, 9.17) is 0 Å². The first-order valence-electron chi connectivity index (χ1n) is 6.93. The third kappa shape index (κ3) is 5.33. The van der Waals surface area contributed by atoms with Gasteiger partial charge in [0.15, 0.2) is 9.84 Å². The lowest BCUT2D eigenvalue weighted by molar-refractivity contribution is 0.500. The molecule has 0 aromatic heterocycles. The minimum absolute atomic E-state index is 0.0363. The molecule has 0 saturated heterocycles. The lowest BCUT2D eigenvalue weighted by Crippen LogP contribution is -2.35. The molecule has 3 nitrogen and oxygen atoms in total. The van der Waals surface area contributed by atoms with Crippen molar-refractivity contribution in [1.29, 1.82) is 0 Å². The lowest BCUT2D eigenvalue weighted by Gasteiger charge is -2.20. The minimum atomic E-state index is -2.92. The van der Waals surface area contributed by atoms with Crippen LogP contribution in [0.25, 0.3) is 0 Å². The van der Waals surface area contributed by atoms with Gasteiger partial charge in [-0.3, -0.25) is 0 Å². The van der Waals surface area contributed by atoms with E-state index in [9.17, 15) is 8.42 Å². The predicted molar refractivity (Wildman–Crippen MR) is 81.2 cm³/mol. The second kappa shape index (κ2) is 7.06. The molecule has 4 heteroatoms. The smallest absolute Gasteiger partial charge is 0.151 e. The molecule has 1 rings (SSSR count). The molecule has 1 aromatic carbocycles. The molecule has 1 N–H and O–H groups in total. The maximum absolute atomic E-state index is 11.6. The van der Waals surface area contributed by atoms with E-state index in [2.05, 4.69) is 43.4 Å². The third-order valence-electron chi connectivity index (χ3n) is 3.37. The number of aryl methyl sites for hydroxylation is 1. The molecular formula is C15H25NO2S. The maximum atomic E-state index is 11.6. The summed E-state index contributed by atoms with van der Waals surface area (Å²) >= 11 is 0. The third-order valence-corrected chi connectivity index (χ3v) is 5.25. The van der Waals surface area contributed by atoms with E-state index in [0.717, 1.165) is 6.42 Å². The fraction of sp³-hybridized carbons (Fsp3) is 0.600. The van der Waals surface area contributed by atoms with Crippen molar-refractivity contribution >= 4 is 9.84 Å². The average molecular weight is 283 g/mol. The van der Waals surface area contributed by atoms with Crippen molar-refractivity contribution in [3.05, 3.63) is 35.4 Å². The lowest BCUT2D eigenvalue weighted by atomic mass is 10.0. The molecule has 2 unspecified atom stereocenters. The fourth-order valence-electron chi connectivity index (χ4n) is 2.11. The summed E-state index contributed by atoms with van der Waals surface area (Å²) in [6.45, 7) is 7.81. The minimum Gasteiger partial charge on any atom is -0.307 e. The van der Waals surface area contributed by atoms with Crippen LogP contribution in [0.2, 0.25) is 0 Å². The Morgan fingerprint density at radius 2 is 1.68 bits per heavy atom. The van der Waals surface area contributed by atoms with Gasteiger partial charge in [-0.1, -0.05) is 38.1 Å². The molecule has 0 heterocycles. The largest absolute Gasteiger partial charge is 0.307 e. The molecule has 19 heavy (non-hydrogen) atoms. The first-order chi connectivity index (χ1) is 8.88. The normalized spacial score (nSPS) is 15.2. The van der Waals surface area contributed by atoms with Crippen molar-refractivity contribution < 1.29 is 8.42 Å². The van der Waals surface area contributed by atoms with Gasteiger partial charge in [0.25, 0.3) is 0 Å². The van der Waals surface area contributed by atoms with Gasteiger partial charge >= 0.3 is 0 Å². The van der Waals surface area contributed by atoms with E-state index in [-0.39, 0.29) is 23.6 Å². The van der Waals surface area contributed by atoms with E-state index >= 15 is 0 Å². The van der Waals surface area contributed by atoms with Gasteiger partial charge in [-0.15, -0.1) is 0 Å². The molecule has 0 amide bonds. The fourth-order valence-corrected chi connectivity index (χ4v) is 3.21. The Morgan fingerprint density at radius 1 is 1.11 bits per heavy atom. The molecule has 0 aliphatic heterocycles. The van der Waals surface area contributed by atoms with Crippen LogP contribution < -0.4 is 5.32 Å². The quantitative estimate of drug-likeness (QED) is 0.837. The summed E-state index contributed by atoms with van der Waals surface area (Å²) in [5.41, 5.74) is 2.51. The second-order valence-corrected chi connectivity index (χ2v) is 7.48. The maximum Gasteiger partial charge on any atom is 0.151 e. The van der Waals surface area contributed by atoms with Gasteiger partial charge < -0.3 is 5.32 Å². The van der Waals surface area contributed by atoms with Crippen molar-refractivity contribution in [3.63, 3.8) is 0 Å². The van der Waals surface area contributed by atoms with E-state index in [1.165, 1.54) is 11.1 Å². The Balaban J connectivity index is 2.60. The molecule has 0 radical (unpaired) electrons. The van der Waals surface area contributed by atoms with Crippen molar-refractivity contribution in [2.75, 3.05) is 11.5 Å². The number of sulfone groups is 1. The van der Waals surface area contributed by atoms with Gasteiger partial charge in [-0.05, 0) is 31.4 Å². The Bertz CT molecular complexity index is 479. The van der Waals surface area contributed by atoms with Gasteiger partial charge in [0, 0.05) is 17.8 Å². The average Bonchev–Trinajstić information content (AvgIpc) is 2.38. The van der Waals surface area contributed by atoms with Crippen LogP contribution in [0.3, 0.4) is 0 Å². The summed E-state index contributed by atoms with van der Waals surface area (Å²) in [7, 11) is -2.92. The Hall–Kier alpha value is -0.870. The SMILES string of the molecule is CCc1ccc(C(C)NC(C)CS(=O)(=O)CC)cc1. The summed E-state index contributed by atoms with van der Waals surface area (Å²) in [4.78, 5) is 0. The van der Waals surface area contributed by atoms with Crippen LogP contribution >= 0.6 is 0 Å². The standard InChI is InChI=1S/C15H25NO2S/c1-5-14-7-9-15(10-8-14)13(4)16-12(3)11-19(17,18)6-2/h7-10,12-13,16H,5-6,11H2,1-4H3. The van der Waals surface area contributed by atoms with Crippen molar-refractivity contribution in [2.24, 2.45) is 0 Å². The summed E-state index contributed by atoms with van der Waals surface area (Å²) < 4.78 is 23.1. The molecule has 0 aliphatic rings. The summed E-state index contributed by atoms with van der Waals surface area (Å²) in [6.07, 6.45) is 1.03. The summed E-state index contributed by atoms with van der Waals surface area (Å²) in [5, 5.41) is 3.34. The topological polar surface area (TPSA) is 46.2 Å². The zero-order chi connectivity index (χ0) is 14.5. The molecule has 1 aromatic rings. The highest BCUT2D eigenvalue weighted by molar-refractivity contribution is 7.91. The van der Waals surface area contributed by atoms with Gasteiger partial charge in [0.05, 0.1) is 5.75 Å². The Kier molecular flexibility index (Phi) is 6.01. The van der Waals surface area contributed by atoms with Gasteiger partial charge in [0.2, 0.25) is 0 Å². The van der Waals surface area contributed by atoms with Crippen LogP contribution in [0, 0.1) is 0 Å². The number of rotatable bonds is 7. The van der Waals surface area contributed by atoms with Crippen LogP contribution in [0.5, 0.6) is 0 Å². The van der Waals surface area contributed by atoms with Crippen LogP contribution in [0.4, 0.5) is 0 Å². The molecule has 0 bridgehead atoms. The van der Waals surface area contributed by atoms with Crippen LogP contribution in [-0.2, 0) is 16.3 Å². The molecule has 0 spiro atoms. The molecule has 2 atom stereocenters. The number of hydrogen-bond acceptors (Lipinski definition) is 3. The molecule has 0 aliphatic carbocycles. The summed E-state index contributed by atoms with van der Waals surface area (Å²) in [6, 6.07) is 8.59. The van der Waals surface area contributed by atoms with E-state index in [0.29, 0.717) is 0 Å². The van der Waals surface area contributed by atoms with Crippen molar-refractivity contribution in [3.8, 4) is 0 Å². The van der Waals surface area contributed by atoms with E-state index < -0.39 is 9.84 Å². The van der Waals surface area contributed by atoms with E-state index in [1.54, 1.807) is 6.92 Å². The molecule has 0 saturated carbocycles. The summed E-state index contributed by atoms with van der Waals surface area (Å²) in [5.74, 6) is 0.402. The van der Waals surface area contributed by atoms with Crippen LogP contribution in [-0.4, -0.2) is 26.0 Å². The highest BCUT2D eigenvalue weighted by Crippen LogP contribution is 2.14. The highest BCUT2D eigenvalue weighted by atomic mass is 32.2. The number of nitrogens with one attached hydrogen (secondary N) is 1. The van der Waals surface area contributed by atoms with Gasteiger partial charge in [0.1, 0.15) is 0 Å². The van der Waals surface area contributed by atoms with E-state index in [1.807, 2.05) is 6.92 Å². The number of hydrogen-bond donors (Lipinski definition) is 1. The Morgan fingerprint density at radius 3 is 2.16 bits per heavy atom. The molecule has 0 fully saturated rings. The first kappa shape index (κ1) is 16.2. The molecule has 108 valence electrons. The zero-order valence-electron chi connectivity index (χ0n) is 12.3. The predicted octanol–water partition coefficient (Wildman–Crippen LogP) is 2.72. The monoisotopic (exact) mass is 283 g/mol. The van der Waals surface area contributed by atoms with Gasteiger partial charge in [-0.2, -0.15) is 0 Å². The first-order valence-corrected chi connectivity index (χ1v) is 8.75. The second-order valence-electron chi connectivity index (χ2n) is 5.08. The number of benzene rings is 1. The highest BCUT2D eigenvalue weighted by Gasteiger charge is 2.16. The van der Waals surface area contributed by atoms with Crippen LogP contribution in [0.1, 0.15) is 44.9 Å². The zero-order valence-corrected chi connectivity index (χ0v) is 13.1. The van der Waals surface area contributed by atoms with Crippen LogP contribution in [0.15, 0.2) is 24.3 Å². The van der Waals surface area contributed by atoms with Gasteiger partial charge in [-0.25, -0.2) is 8.42 Å².